The Kier molecular flexibility index (Phi) is 6.75. The van der Waals surface area contributed by atoms with E-state index < -0.39 is 17.7 Å². The lowest BCUT2D eigenvalue weighted by Crippen LogP contribution is -2.35. The monoisotopic (exact) mass is 423 g/mol. The highest BCUT2D eigenvalue weighted by atomic mass is 16.5. The number of ether oxygens (including phenoxy) is 1. The fourth-order valence-electron chi connectivity index (χ4n) is 3.64. The summed E-state index contributed by atoms with van der Waals surface area (Å²) >= 11 is 0. The van der Waals surface area contributed by atoms with E-state index in [1.54, 1.807) is 36.7 Å². The minimum atomic E-state index is -0.694. The highest BCUT2D eigenvalue weighted by Crippen LogP contribution is 2.39. The zero-order chi connectivity index (χ0) is 22.7. The third-order valence-electron chi connectivity index (χ3n) is 5.14. The maximum atomic E-state index is 13.0. The molecule has 1 aliphatic rings. The van der Waals surface area contributed by atoms with Gasteiger partial charge in [0, 0.05) is 31.0 Å². The van der Waals surface area contributed by atoms with E-state index in [0.29, 0.717) is 30.0 Å². The van der Waals surface area contributed by atoms with E-state index in [1.807, 2.05) is 45.8 Å². The largest absolute Gasteiger partial charge is 0.507 e. The standard InChI is InChI=1S/C24H29N3O4/c1-15(2)31-19-9-8-17(13-16(19)3)22(28)20-21(18-7-6-10-25-14-18)27(12-11-26(4)5)24(30)23(20)29/h6-10,13-15,21,28H,11-12H2,1-5H3/t21-/m1/s1. The number of aryl methyl sites for hydroxylation is 1. The number of aliphatic hydroxyl groups excluding tert-OH is 1. The molecule has 0 radical (unpaired) electrons. The molecular formula is C24H29N3O4. The van der Waals surface area contributed by atoms with Crippen LogP contribution in [0, 0.1) is 6.92 Å². The maximum Gasteiger partial charge on any atom is 0.295 e. The molecule has 2 heterocycles. The van der Waals surface area contributed by atoms with Crippen LogP contribution in [0.25, 0.3) is 5.76 Å². The van der Waals surface area contributed by atoms with Crippen molar-refractivity contribution in [1.82, 2.24) is 14.8 Å². The van der Waals surface area contributed by atoms with Gasteiger partial charge in [-0.2, -0.15) is 0 Å². The molecule has 0 spiro atoms. The van der Waals surface area contributed by atoms with Crippen molar-refractivity contribution in [2.75, 3.05) is 27.2 Å². The van der Waals surface area contributed by atoms with Crippen molar-refractivity contribution in [3.05, 3.63) is 65.0 Å². The van der Waals surface area contributed by atoms with E-state index in [4.69, 9.17) is 4.74 Å². The van der Waals surface area contributed by atoms with Crippen LogP contribution in [0.2, 0.25) is 0 Å². The molecular weight excluding hydrogens is 394 g/mol. The zero-order valence-electron chi connectivity index (χ0n) is 18.6. The second kappa shape index (κ2) is 9.31. The highest BCUT2D eigenvalue weighted by molar-refractivity contribution is 6.46. The number of Topliss-reactive ketones (excluding diaryl/α,β-unsaturated/α-hetero) is 1. The van der Waals surface area contributed by atoms with Gasteiger partial charge in [0.2, 0.25) is 0 Å². The molecule has 1 aromatic carbocycles. The van der Waals surface area contributed by atoms with Gasteiger partial charge in [0.05, 0.1) is 17.7 Å². The van der Waals surface area contributed by atoms with Crippen molar-refractivity contribution < 1.29 is 19.4 Å². The van der Waals surface area contributed by atoms with Gasteiger partial charge in [0.25, 0.3) is 11.7 Å². The number of carbonyl (C=O) groups excluding carboxylic acids is 2. The van der Waals surface area contributed by atoms with E-state index in [9.17, 15) is 14.7 Å². The van der Waals surface area contributed by atoms with Crippen molar-refractivity contribution in [2.24, 2.45) is 0 Å². The van der Waals surface area contributed by atoms with Crippen LogP contribution in [-0.2, 0) is 9.59 Å². The number of benzene rings is 1. The molecule has 164 valence electrons. The van der Waals surface area contributed by atoms with Crippen molar-refractivity contribution in [3.8, 4) is 5.75 Å². The van der Waals surface area contributed by atoms with Gasteiger partial charge in [-0.3, -0.25) is 14.6 Å². The summed E-state index contributed by atoms with van der Waals surface area (Å²) in [6.45, 7) is 6.70. The molecule has 3 rings (SSSR count). The smallest absolute Gasteiger partial charge is 0.295 e. The van der Waals surface area contributed by atoms with Gasteiger partial charge in [-0.25, -0.2) is 0 Å². The number of ketones is 1. The van der Waals surface area contributed by atoms with Crippen LogP contribution in [0.15, 0.2) is 48.3 Å². The minimum absolute atomic E-state index is 0.0192. The number of amides is 1. The average molecular weight is 424 g/mol. The first kappa shape index (κ1) is 22.5. The number of pyridine rings is 1. The van der Waals surface area contributed by atoms with Gasteiger partial charge in [0.15, 0.2) is 0 Å². The van der Waals surface area contributed by atoms with Crippen molar-refractivity contribution in [2.45, 2.75) is 32.9 Å². The van der Waals surface area contributed by atoms with Crippen LogP contribution >= 0.6 is 0 Å². The zero-order valence-corrected chi connectivity index (χ0v) is 18.6. The van der Waals surface area contributed by atoms with Crippen LogP contribution in [0.5, 0.6) is 5.75 Å². The van der Waals surface area contributed by atoms with E-state index in [2.05, 4.69) is 4.98 Å². The summed E-state index contributed by atoms with van der Waals surface area (Å²) in [4.78, 5) is 33.4. The van der Waals surface area contributed by atoms with Gasteiger partial charge in [-0.15, -0.1) is 0 Å². The predicted molar refractivity (Wildman–Crippen MR) is 119 cm³/mol. The molecule has 0 aliphatic carbocycles. The molecule has 31 heavy (non-hydrogen) atoms. The SMILES string of the molecule is Cc1cc(C(O)=C2C(=O)C(=O)N(CCN(C)C)[C@@H]2c2cccnc2)ccc1OC(C)C. The summed E-state index contributed by atoms with van der Waals surface area (Å²) in [5, 5.41) is 11.1. The molecule has 0 saturated carbocycles. The highest BCUT2D eigenvalue weighted by Gasteiger charge is 2.46. The lowest BCUT2D eigenvalue weighted by molar-refractivity contribution is -0.140. The Morgan fingerprint density at radius 3 is 2.58 bits per heavy atom. The molecule has 1 N–H and O–H groups in total. The molecule has 7 nitrogen and oxygen atoms in total. The fourth-order valence-corrected chi connectivity index (χ4v) is 3.64. The van der Waals surface area contributed by atoms with Crippen LogP contribution in [0.3, 0.4) is 0 Å². The van der Waals surface area contributed by atoms with Gasteiger partial charge in [-0.1, -0.05) is 6.07 Å². The Bertz CT molecular complexity index is 999. The Hall–Kier alpha value is -3.19. The fraction of sp³-hybridized carbons (Fsp3) is 0.375. The van der Waals surface area contributed by atoms with Crippen molar-refractivity contribution in [1.29, 1.82) is 0 Å². The summed E-state index contributed by atoms with van der Waals surface area (Å²) in [6, 6.07) is 8.11. The van der Waals surface area contributed by atoms with E-state index in [-0.39, 0.29) is 17.4 Å². The summed E-state index contributed by atoms with van der Waals surface area (Å²) in [5.41, 5.74) is 2.05. The number of likely N-dealkylation sites (N-methyl/N-ethyl adjacent to an activating group) is 1. The Morgan fingerprint density at radius 1 is 1.26 bits per heavy atom. The molecule has 1 atom stereocenters. The lowest BCUT2D eigenvalue weighted by Gasteiger charge is -2.26. The molecule has 1 amide bonds. The average Bonchev–Trinajstić information content (AvgIpc) is 2.98. The predicted octanol–water partition coefficient (Wildman–Crippen LogP) is 3.16. The molecule has 0 unspecified atom stereocenters. The molecule has 7 heteroatoms. The summed E-state index contributed by atoms with van der Waals surface area (Å²) < 4.78 is 5.77. The first-order chi connectivity index (χ1) is 14.7. The third kappa shape index (κ3) is 4.77. The van der Waals surface area contributed by atoms with Crippen LogP contribution in [-0.4, -0.2) is 64.9 Å². The second-order valence-electron chi connectivity index (χ2n) is 8.23. The van der Waals surface area contributed by atoms with Gasteiger partial charge < -0.3 is 19.6 Å². The summed E-state index contributed by atoms with van der Waals surface area (Å²) in [6.07, 6.45) is 3.27. The van der Waals surface area contributed by atoms with E-state index in [0.717, 1.165) is 5.56 Å². The summed E-state index contributed by atoms with van der Waals surface area (Å²) in [7, 11) is 3.80. The maximum absolute atomic E-state index is 13.0. The number of hydrogen-bond acceptors (Lipinski definition) is 6. The quantitative estimate of drug-likeness (QED) is 0.418. The lowest BCUT2D eigenvalue weighted by atomic mass is 9.95. The number of carbonyl (C=O) groups is 2. The van der Waals surface area contributed by atoms with Gasteiger partial charge >= 0.3 is 0 Å². The molecule has 2 aromatic rings. The first-order valence-electron chi connectivity index (χ1n) is 10.3. The Morgan fingerprint density at radius 2 is 2.00 bits per heavy atom. The number of hydrogen-bond donors (Lipinski definition) is 1. The van der Waals surface area contributed by atoms with Gasteiger partial charge in [0.1, 0.15) is 11.5 Å². The second-order valence-corrected chi connectivity index (χ2v) is 8.23. The molecule has 1 aromatic heterocycles. The molecule has 1 fully saturated rings. The summed E-state index contributed by atoms with van der Waals surface area (Å²) in [5.74, 6) is -0.792. The topological polar surface area (TPSA) is 83.0 Å². The van der Waals surface area contributed by atoms with Crippen LogP contribution in [0.4, 0.5) is 0 Å². The van der Waals surface area contributed by atoms with Crippen LogP contribution < -0.4 is 4.74 Å². The van der Waals surface area contributed by atoms with E-state index >= 15 is 0 Å². The number of aliphatic hydroxyl groups is 1. The number of rotatable bonds is 7. The number of likely N-dealkylation sites (tertiary alicyclic amines) is 1. The van der Waals surface area contributed by atoms with Crippen molar-refractivity contribution >= 4 is 17.4 Å². The number of aromatic nitrogens is 1. The minimum Gasteiger partial charge on any atom is -0.507 e. The Labute approximate surface area is 183 Å². The molecule has 1 aliphatic heterocycles. The normalized spacial score (nSPS) is 18.3. The van der Waals surface area contributed by atoms with Gasteiger partial charge in [-0.05, 0) is 70.3 Å². The van der Waals surface area contributed by atoms with Crippen LogP contribution in [0.1, 0.15) is 36.6 Å². The third-order valence-corrected chi connectivity index (χ3v) is 5.14. The molecule has 0 bridgehead atoms. The van der Waals surface area contributed by atoms with E-state index in [1.165, 1.54) is 4.90 Å². The molecule has 1 saturated heterocycles. The Balaban J connectivity index is 2.09. The van der Waals surface area contributed by atoms with Crippen molar-refractivity contribution in [3.63, 3.8) is 0 Å². The first-order valence-corrected chi connectivity index (χ1v) is 10.3. The number of nitrogens with zero attached hydrogens (tertiary/aromatic N) is 3.